The molecule has 1 aliphatic rings. The number of carbonyl (C=O) groups excluding carboxylic acids is 1. The highest BCUT2D eigenvalue weighted by Gasteiger charge is 2.35. The molecule has 0 atom stereocenters. The van der Waals surface area contributed by atoms with E-state index in [1.807, 2.05) is 25.1 Å². The van der Waals surface area contributed by atoms with Gasteiger partial charge in [0.2, 0.25) is 0 Å². The van der Waals surface area contributed by atoms with Crippen LogP contribution in [0.3, 0.4) is 0 Å². The van der Waals surface area contributed by atoms with Gasteiger partial charge in [0, 0.05) is 35.8 Å². The molecule has 8 heteroatoms. The van der Waals surface area contributed by atoms with Crippen molar-refractivity contribution in [3.8, 4) is 17.0 Å². The first kappa shape index (κ1) is 20.7. The van der Waals surface area contributed by atoms with Crippen LogP contribution in [-0.2, 0) is 0 Å². The molecule has 1 aliphatic heterocycles. The van der Waals surface area contributed by atoms with Gasteiger partial charge in [-0.15, -0.1) is 0 Å². The van der Waals surface area contributed by atoms with E-state index < -0.39 is 12.3 Å². The van der Waals surface area contributed by atoms with Crippen LogP contribution in [0.4, 0.5) is 8.78 Å². The Bertz CT molecular complexity index is 1190. The number of alkyl halides is 2. The summed E-state index contributed by atoms with van der Waals surface area (Å²) in [6.45, 7) is 2.39. The Morgan fingerprint density at radius 1 is 1.13 bits per heavy atom. The zero-order valence-electron chi connectivity index (χ0n) is 17.1. The second-order valence-corrected chi connectivity index (χ2v) is 7.46. The van der Waals surface area contributed by atoms with Gasteiger partial charge >= 0.3 is 0 Å². The number of benzene rings is 2. The van der Waals surface area contributed by atoms with Crippen molar-refractivity contribution < 1.29 is 18.3 Å². The lowest BCUT2D eigenvalue weighted by Gasteiger charge is -2.39. The molecule has 3 aromatic rings. The number of ether oxygens (including phenoxy) is 1. The maximum absolute atomic E-state index is 13.2. The number of likely N-dealkylation sites (tertiary alicyclic amines) is 1. The minimum Gasteiger partial charge on any atom is -0.496 e. The van der Waals surface area contributed by atoms with Crippen LogP contribution in [0.25, 0.3) is 11.3 Å². The molecule has 4 rings (SSSR count). The fourth-order valence-electron chi connectivity index (χ4n) is 3.67. The number of halogens is 2. The third-order valence-corrected chi connectivity index (χ3v) is 5.38. The highest BCUT2D eigenvalue weighted by molar-refractivity contribution is 5.96. The molecular formula is C23H21F2N3O3. The summed E-state index contributed by atoms with van der Waals surface area (Å²) in [6, 6.07) is 14.1. The van der Waals surface area contributed by atoms with Crippen molar-refractivity contribution in [1.29, 1.82) is 0 Å². The van der Waals surface area contributed by atoms with Gasteiger partial charge in [-0.05, 0) is 36.8 Å². The predicted octanol–water partition coefficient (Wildman–Crippen LogP) is 3.86. The fourth-order valence-corrected chi connectivity index (χ4v) is 3.67. The maximum Gasteiger partial charge on any atom is 0.267 e. The molecule has 1 saturated heterocycles. The van der Waals surface area contributed by atoms with E-state index in [4.69, 9.17) is 4.74 Å². The zero-order chi connectivity index (χ0) is 22.1. The van der Waals surface area contributed by atoms with Crippen molar-refractivity contribution in [2.75, 3.05) is 20.2 Å². The second-order valence-electron chi connectivity index (χ2n) is 7.46. The average Bonchev–Trinajstić information content (AvgIpc) is 2.73. The molecule has 0 aliphatic carbocycles. The lowest BCUT2D eigenvalue weighted by molar-refractivity contribution is 0.0484. The summed E-state index contributed by atoms with van der Waals surface area (Å²) < 4.78 is 33.2. The van der Waals surface area contributed by atoms with Crippen LogP contribution in [0, 0.1) is 6.92 Å². The van der Waals surface area contributed by atoms with Crippen LogP contribution in [-0.4, -0.2) is 40.8 Å². The SMILES string of the molecule is COc1cc(C)ccc1-c1ccc(=O)n(C2CN(C(=O)c3ccccc3C(F)F)C2)n1. The van der Waals surface area contributed by atoms with Crippen molar-refractivity contribution in [3.63, 3.8) is 0 Å². The molecule has 1 fully saturated rings. The van der Waals surface area contributed by atoms with Crippen molar-refractivity contribution in [2.45, 2.75) is 19.4 Å². The summed E-state index contributed by atoms with van der Waals surface area (Å²) in [5, 5.41) is 4.48. The van der Waals surface area contributed by atoms with E-state index in [-0.39, 0.29) is 35.8 Å². The number of rotatable bonds is 5. The van der Waals surface area contributed by atoms with Crippen molar-refractivity contribution in [2.24, 2.45) is 0 Å². The lowest BCUT2D eigenvalue weighted by Crippen LogP contribution is -2.53. The smallest absolute Gasteiger partial charge is 0.267 e. The van der Waals surface area contributed by atoms with E-state index in [0.717, 1.165) is 11.1 Å². The summed E-state index contributed by atoms with van der Waals surface area (Å²) in [7, 11) is 1.57. The third-order valence-electron chi connectivity index (χ3n) is 5.38. The van der Waals surface area contributed by atoms with Gasteiger partial charge in [0.1, 0.15) is 5.75 Å². The van der Waals surface area contributed by atoms with E-state index in [1.54, 1.807) is 19.2 Å². The van der Waals surface area contributed by atoms with Gasteiger partial charge < -0.3 is 9.64 Å². The number of amides is 1. The topological polar surface area (TPSA) is 64.4 Å². The number of hydrogen-bond donors (Lipinski definition) is 0. The van der Waals surface area contributed by atoms with Crippen LogP contribution in [0.1, 0.15) is 34.0 Å². The zero-order valence-corrected chi connectivity index (χ0v) is 17.1. The molecule has 1 aromatic heterocycles. The molecule has 2 aromatic carbocycles. The molecule has 6 nitrogen and oxygen atoms in total. The van der Waals surface area contributed by atoms with E-state index in [9.17, 15) is 18.4 Å². The molecule has 2 heterocycles. The third kappa shape index (κ3) is 3.93. The Hall–Kier alpha value is -3.55. The van der Waals surface area contributed by atoms with E-state index in [1.165, 1.54) is 33.8 Å². The maximum atomic E-state index is 13.2. The van der Waals surface area contributed by atoms with Crippen LogP contribution in [0.5, 0.6) is 5.75 Å². The molecule has 1 amide bonds. The molecule has 0 saturated carbocycles. The van der Waals surface area contributed by atoms with Gasteiger partial charge in [-0.2, -0.15) is 5.10 Å². The summed E-state index contributed by atoms with van der Waals surface area (Å²) >= 11 is 0. The Morgan fingerprint density at radius 2 is 1.87 bits per heavy atom. The van der Waals surface area contributed by atoms with Crippen LogP contribution in [0.2, 0.25) is 0 Å². The van der Waals surface area contributed by atoms with E-state index in [0.29, 0.717) is 11.4 Å². The number of methoxy groups -OCH3 is 1. The minimum absolute atomic E-state index is 0.0191. The van der Waals surface area contributed by atoms with Crippen LogP contribution >= 0.6 is 0 Å². The number of aromatic nitrogens is 2. The Labute approximate surface area is 177 Å². The first-order chi connectivity index (χ1) is 14.9. The van der Waals surface area contributed by atoms with Gasteiger partial charge in [-0.3, -0.25) is 9.59 Å². The molecule has 0 bridgehead atoms. The summed E-state index contributed by atoms with van der Waals surface area (Å²) in [6.07, 6.45) is -2.73. The summed E-state index contributed by atoms with van der Waals surface area (Å²) in [5.74, 6) is 0.170. The summed E-state index contributed by atoms with van der Waals surface area (Å²) in [4.78, 5) is 26.5. The molecule has 31 heavy (non-hydrogen) atoms. The Kier molecular flexibility index (Phi) is 5.54. The van der Waals surface area contributed by atoms with E-state index in [2.05, 4.69) is 5.10 Å². The average molecular weight is 425 g/mol. The molecule has 160 valence electrons. The highest BCUT2D eigenvalue weighted by Crippen LogP contribution is 2.30. The standard InChI is InChI=1S/C23H21F2N3O3/c1-14-7-8-18(20(11-14)31-2)19-9-10-21(29)28(26-19)15-12-27(13-15)23(30)17-6-4-3-5-16(17)22(24)25/h3-11,15,22H,12-13H2,1-2H3. The van der Waals surface area contributed by atoms with Crippen LogP contribution < -0.4 is 10.3 Å². The Balaban J connectivity index is 1.56. The van der Waals surface area contributed by atoms with Gasteiger partial charge in [-0.1, -0.05) is 24.3 Å². The molecule has 0 radical (unpaired) electrons. The van der Waals surface area contributed by atoms with Crippen molar-refractivity contribution in [1.82, 2.24) is 14.7 Å². The Morgan fingerprint density at radius 3 is 2.58 bits per heavy atom. The van der Waals surface area contributed by atoms with Gasteiger partial charge in [0.25, 0.3) is 17.9 Å². The predicted molar refractivity (Wildman–Crippen MR) is 112 cm³/mol. The second kappa shape index (κ2) is 8.29. The van der Waals surface area contributed by atoms with Gasteiger partial charge in [0.15, 0.2) is 0 Å². The normalized spacial score (nSPS) is 13.9. The number of aryl methyl sites for hydroxylation is 1. The first-order valence-electron chi connectivity index (χ1n) is 9.80. The number of nitrogens with zero attached hydrogens (tertiary/aromatic N) is 3. The quantitative estimate of drug-likeness (QED) is 0.623. The highest BCUT2D eigenvalue weighted by atomic mass is 19.3. The van der Waals surface area contributed by atoms with E-state index >= 15 is 0 Å². The van der Waals surface area contributed by atoms with Crippen molar-refractivity contribution in [3.05, 3.63) is 81.6 Å². The monoisotopic (exact) mass is 425 g/mol. The molecular weight excluding hydrogens is 404 g/mol. The number of hydrogen-bond acceptors (Lipinski definition) is 4. The largest absolute Gasteiger partial charge is 0.496 e. The lowest BCUT2D eigenvalue weighted by atomic mass is 10.0. The molecule has 0 spiro atoms. The summed E-state index contributed by atoms with van der Waals surface area (Å²) in [5.41, 5.74) is 1.75. The van der Waals surface area contributed by atoms with Crippen molar-refractivity contribution >= 4 is 5.91 Å². The molecule has 0 N–H and O–H groups in total. The number of carbonyl (C=O) groups is 1. The fraction of sp³-hybridized carbons (Fsp3) is 0.261. The first-order valence-corrected chi connectivity index (χ1v) is 9.80. The minimum atomic E-state index is -2.73. The van der Waals surface area contributed by atoms with Gasteiger partial charge in [0.05, 0.1) is 18.8 Å². The van der Waals surface area contributed by atoms with Gasteiger partial charge in [-0.25, -0.2) is 13.5 Å². The molecule has 0 unspecified atom stereocenters. The van der Waals surface area contributed by atoms with Crippen LogP contribution in [0.15, 0.2) is 59.4 Å².